The van der Waals surface area contributed by atoms with Crippen LogP contribution in [0.4, 0.5) is 4.39 Å². The minimum Gasteiger partial charge on any atom is -0.356 e. The number of carbonyl (C=O) groups is 1. The molecule has 0 aliphatic rings. The first-order chi connectivity index (χ1) is 12.2. The molecule has 1 aromatic heterocycles. The van der Waals surface area contributed by atoms with Gasteiger partial charge in [0.1, 0.15) is 5.82 Å². The van der Waals surface area contributed by atoms with E-state index in [1.807, 2.05) is 30.3 Å². The Labute approximate surface area is 144 Å². The number of aromatic nitrogens is 2. The summed E-state index contributed by atoms with van der Waals surface area (Å²) in [5.74, 6) is 0.547. The van der Waals surface area contributed by atoms with Crippen molar-refractivity contribution in [3.63, 3.8) is 0 Å². The third kappa shape index (κ3) is 4.73. The quantitative estimate of drug-likeness (QED) is 0.718. The van der Waals surface area contributed by atoms with Gasteiger partial charge in [-0.25, -0.2) is 4.39 Å². The largest absolute Gasteiger partial charge is 0.356 e. The van der Waals surface area contributed by atoms with E-state index in [0.29, 0.717) is 36.7 Å². The number of hydrogen-bond donors (Lipinski definition) is 1. The molecule has 0 aliphatic carbocycles. The Kier molecular flexibility index (Phi) is 5.51. The lowest BCUT2D eigenvalue weighted by atomic mass is 10.1. The molecule has 3 rings (SSSR count). The Balaban J connectivity index is 1.44. The first-order valence-electron chi connectivity index (χ1n) is 8.10. The van der Waals surface area contributed by atoms with Crippen LogP contribution in [0.1, 0.15) is 17.9 Å². The van der Waals surface area contributed by atoms with E-state index < -0.39 is 0 Å². The van der Waals surface area contributed by atoms with E-state index in [9.17, 15) is 9.18 Å². The van der Waals surface area contributed by atoms with Crippen LogP contribution in [-0.4, -0.2) is 22.6 Å². The molecule has 25 heavy (non-hydrogen) atoms. The fourth-order valence-corrected chi connectivity index (χ4v) is 2.41. The maximum absolute atomic E-state index is 13.5. The number of carbonyl (C=O) groups excluding carboxylic acids is 1. The van der Waals surface area contributed by atoms with E-state index in [4.69, 9.17) is 4.52 Å². The molecule has 0 radical (unpaired) electrons. The minimum atomic E-state index is -0.254. The fraction of sp³-hybridized carbons (Fsp3) is 0.211. The molecule has 0 atom stereocenters. The lowest BCUT2D eigenvalue weighted by Crippen LogP contribution is -2.26. The second-order valence-corrected chi connectivity index (χ2v) is 5.57. The third-order valence-electron chi connectivity index (χ3n) is 3.74. The van der Waals surface area contributed by atoms with E-state index >= 15 is 0 Å². The second kappa shape index (κ2) is 8.19. The average molecular weight is 339 g/mol. The van der Waals surface area contributed by atoms with Crippen LogP contribution in [0.15, 0.2) is 59.1 Å². The Morgan fingerprint density at radius 1 is 1.04 bits per heavy atom. The maximum atomic E-state index is 13.5. The molecule has 3 aromatic rings. The minimum absolute atomic E-state index is 0.129. The number of aryl methyl sites for hydroxylation is 1. The summed E-state index contributed by atoms with van der Waals surface area (Å²) in [6, 6.07) is 16.0. The first-order valence-corrected chi connectivity index (χ1v) is 8.10. The van der Waals surface area contributed by atoms with Gasteiger partial charge in [0.15, 0.2) is 0 Å². The summed E-state index contributed by atoms with van der Waals surface area (Å²) in [7, 11) is 0. The molecule has 1 amide bonds. The molecule has 1 N–H and O–H groups in total. The summed E-state index contributed by atoms with van der Waals surface area (Å²) in [5.41, 5.74) is 1.46. The molecule has 0 saturated heterocycles. The molecule has 0 bridgehead atoms. The van der Waals surface area contributed by atoms with Gasteiger partial charge in [0.05, 0.1) is 0 Å². The van der Waals surface area contributed by atoms with Crippen LogP contribution in [0, 0.1) is 5.82 Å². The van der Waals surface area contributed by atoms with Crippen molar-refractivity contribution in [3.8, 4) is 11.4 Å². The molecule has 5 nitrogen and oxygen atoms in total. The monoisotopic (exact) mass is 339 g/mol. The molecule has 6 heteroatoms. The lowest BCUT2D eigenvalue weighted by molar-refractivity contribution is -0.121. The number of nitrogens with one attached hydrogen (secondary N) is 1. The average Bonchev–Trinajstić information content (AvgIpc) is 3.11. The molecular weight excluding hydrogens is 321 g/mol. The zero-order chi connectivity index (χ0) is 17.5. The van der Waals surface area contributed by atoms with Crippen molar-refractivity contribution < 1.29 is 13.7 Å². The SMILES string of the molecule is O=C(CCc1nc(-c2ccccc2)no1)NCCc1ccccc1F. The van der Waals surface area contributed by atoms with Crippen LogP contribution in [-0.2, 0) is 17.6 Å². The predicted molar refractivity (Wildman–Crippen MR) is 91.2 cm³/mol. The Hall–Kier alpha value is -3.02. The maximum Gasteiger partial charge on any atom is 0.227 e. The van der Waals surface area contributed by atoms with Gasteiger partial charge in [-0.15, -0.1) is 0 Å². The second-order valence-electron chi connectivity index (χ2n) is 5.57. The van der Waals surface area contributed by atoms with Gasteiger partial charge >= 0.3 is 0 Å². The van der Waals surface area contributed by atoms with Crippen LogP contribution >= 0.6 is 0 Å². The standard InChI is InChI=1S/C19H18FN3O2/c20-16-9-5-4-6-14(16)12-13-21-17(24)10-11-18-22-19(23-25-18)15-7-2-1-3-8-15/h1-9H,10-13H2,(H,21,24). The van der Waals surface area contributed by atoms with Crippen LogP contribution < -0.4 is 5.32 Å². The van der Waals surface area contributed by atoms with Crippen molar-refractivity contribution in [1.29, 1.82) is 0 Å². The molecule has 0 spiro atoms. The third-order valence-corrected chi connectivity index (χ3v) is 3.74. The number of nitrogens with zero attached hydrogens (tertiary/aromatic N) is 2. The summed E-state index contributed by atoms with van der Waals surface area (Å²) in [5, 5.41) is 6.69. The van der Waals surface area contributed by atoms with Crippen molar-refractivity contribution in [2.24, 2.45) is 0 Å². The van der Waals surface area contributed by atoms with Gasteiger partial charge in [-0.1, -0.05) is 53.7 Å². The van der Waals surface area contributed by atoms with Crippen molar-refractivity contribution in [2.75, 3.05) is 6.54 Å². The highest BCUT2D eigenvalue weighted by atomic mass is 19.1. The van der Waals surface area contributed by atoms with Gasteiger partial charge in [0.2, 0.25) is 17.6 Å². The van der Waals surface area contributed by atoms with Crippen LogP contribution in [0.5, 0.6) is 0 Å². The number of halogens is 1. The van der Waals surface area contributed by atoms with Crippen molar-refractivity contribution in [1.82, 2.24) is 15.5 Å². The summed E-state index contributed by atoms with van der Waals surface area (Å²) in [6.45, 7) is 0.388. The fourth-order valence-electron chi connectivity index (χ4n) is 2.41. The Morgan fingerprint density at radius 2 is 1.80 bits per heavy atom. The topological polar surface area (TPSA) is 68.0 Å². The van der Waals surface area contributed by atoms with Crippen molar-refractivity contribution in [2.45, 2.75) is 19.3 Å². The normalized spacial score (nSPS) is 10.6. The van der Waals surface area contributed by atoms with Gasteiger partial charge < -0.3 is 9.84 Å². The number of benzene rings is 2. The Bertz CT molecular complexity index is 833. The molecule has 128 valence electrons. The van der Waals surface area contributed by atoms with Gasteiger partial charge in [-0.2, -0.15) is 4.98 Å². The molecule has 0 unspecified atom stereocenters. The van der Waals surface area contributed by atoms with Crippen molar-refractivity contribution in [3.05, 3.63) is 71.9 Å². The zero-order valence-corrected chi connectivity index (χ0v) is 13.6. The van der Waals surface area contributed by atoms with E-state index in [1.54, 1.807) is 18.2 Å². The predicted octanol–water partition coefficient (Wildman–Crippen LogP) is 3.17. The van der Waals surface area contributed by atoms with Gasteiger partial charge in [-0.05, 0) is 18.1 Å². The summed E-state index contributed by atoms with van der Waals surface area (Å²) >= 11 is 0. The number of hydrogen-bond acceptors (Lipinski definition) is 4. The van der Waals surface area contributed by atoms with Crippen LogP contribution in [0.2, 0.25) is 0 Å². The lowest BCUT2D eigenvalue weighted by Gasteiger charge is -2.05. The summed E-state index contributed by atoms with van der Waals surface area (Å²) in [6.07, 6.45) is 1.07. The van der Waals surface area contributed by atoms with Gasteiger partial charge in [0, 0.05) is 24.9 Å². The molecule has 0 aliphatic heterocycles. The number of rotatable bonds is 7. The first kappa shape index (κ1) is 16.8. The number of amides is 1. The van der Waals surface area contributed by atoms with Crippen LogP contribution in [0.3, 0.4) is 0 Å². The molecule has 0 fully saturated rings. The molecular formula is C19H18FN3O2. The molecule has 2 aromatic carbocycles. The van der Waals surface area contributed by atoms with E-state index in [1.165, 1.54) is 6.07 Å². The van der Waals surface area contributed by atoms with E-state index in [-0.39, 0.29) is 18.1 Å². The highest BCUT2D eigenvalue weighted by molar-refractivity contribution is 5.76. The van der Waals surface area contributed by atoms with Crippen LogP contribution in [0.25, 0.3) is 11.4 Å². The van der Waals surface area contributed by atoms with E-state index in [0.717, 1.165) is 5.56 Å². The van der Waals surface area contributed by atoms with Gasteiger partial charge in [-0.3, -0.25) is 4.79 Å². The molecule has 1 heterocycles. The zero-order valence-electron chi connectivity index (χ0n) is 13.6. The molecule has 0 saturated carbocycles. The highest BCUT2D eigenvalue weighted by Gasteiger charge is 2.10. The smallest absolute Gasteiger partial charge is 0.227 e. The Morgan fingerprint density at radius 3 is 2.60 bits per heavy atom. The highest BCUT2D eigenvalue weighted by Crippen LogP contribution is 2.15. The summed E-state index contributed by atoms with van der Waals surface area (Å²) in [4.78, 5) is 16.2. The summed E-state index contributed by atoms with van der Waals surface area (Å²) < 4.78 is 18.7. The van der Waals surface area contributed by atoms with Crippen molar-refractivity contribution >= 4 is 5.91 Å². The van der Waals surface area contributed by atoms with E-state index in [2.05, 4.69) is 15.5 Å². The van der Waals surface area contributed by atoms with Gasteiger partial charge in [0.25, 0.3) is 0 Å².